The van der Waals surface area contributed by atoms with Crippen LogP contribution in [0.4, 0.5) is 5.82 Å². The second-order valence-electron chi connectivity index (χ2n) is 3.19. The number of H-pyrrole nitrogens is 1. The molecule has 3 N–H and O–H groups in total. The first kappa shape index (κ1) is 8.60. The highest BCUT2D eigenvalue weighted by Crippen LogP contribution is 2.02. The summed E-state index contributed by atoms with van der Waals surface area (Å²) in [6, 6.07) is 2.01. The Kier molecular flexibility index (Phi) is 2.34. The lowest BCUT2D eigenvalue weighted by molar-refractivity contribution is -0.741. The van der Waals surface area contributed by atoms with Crippen LogP contribution >= 0.6 is 0 Å². The number of nitrogens with zero attached hydrogens (tertiary/aromatic N) is 2. The summed E-state index contributed by atoms with van der Waals surface area (Å²) < 4.78 is 1.78. The Balaban J connectivity index is 2.89. The summed E-state index contributed by atoms with van der Waals surface area (Å²) in [6.45, 7) is 5.01. The monoisotopic (exact) mass is 165 g/mol. The van der Waals surface area contributed by atoms with Crippen molar-refractivity contribution in [3.8, 4) is 6.07 Å². The van der Waals surface area contributed by atoms with Gasteiger partial charge in [0.05, 0.1) is 6.20 Å². The summed E-state index contributed by atoms with van der Waals surface area (Å²) in [7, 11) is 0. The molecule has 0 aliphatic carbocycles. The molecule has 1 heterocycles. The second-order valence-corrected chi connectivity index (χ2v) is 3.19. The molecule has 0 fully saturated rings. The van der Waals surface area contributed by atoms with Crippen LogP contribution < -0.4 is 10.4 Å². The van der Waals surface area contributed by atoms with E-state index in [4.69, 9.17) is 11.0 Å². The van der Waals surface area contributed by atoms with Crippen molar-refractivity contribution in [3.05, 3.63) is 11.8 Å². The van der Waals surface area contributed by atoms with Crippen LogP contribution in [0, 0.1) is 17.2 Å². The highest BCUT2D eigenvalue weighted by molar-refractivity contribution is 5.42. The third kappa shape index (κ3) is 1.56. The van der Waals surface area contributed by atoms with Crippen LogP contribution in [0.2, 0.25) is 0 Å². The number of nitrogens with one attached hydrogen (secondary N) is 1. The minimum absolute atomic E-state index is 0.510. The molecule has 0 radical (unpaired) electrons. The molecule has 0 aliphatic rings. The lowest BCUT2D eigenvalue weighted by Crippen LogP contribution is -2.40. The van der Waals surface area contributed by atoms with Crippen LogP contribution in [0.15, 0.2) is 6.20 Å². The van der Waals surface area contributed by atoms with Gasteiger partial charge in [-0.05, 0) is 5.92 Å². The van der Waals surface area contributed by atoms with E-state index in [9.17, 15) is 0 Å². The van der Waals surface area contributed by atoms with Gasteiger partial charge in [-0.1, -0.05) is 13.8 Å². The molecule has 0 aromatic carbocycles. The van der Waals surface area contributed by atoms with E-state index < -0.39 is 0 Å². The lowest BCUT2D eigenvalue weighted by atomic mass is 10.2. The molecule has 0 amide bonds. The fraction of sp³-hybridized carbons (Fsp3) is 0.500. The third-order valence-corrected chi connectivity index (χ3v) is 1.60. The largest absolute Gasteiger partial charge is 0.310 e. The average molecular weight is 165 g/mol. The van der Waals surface area contributed by atoms with E-state index in [-0.39, 0.29) is 0 Å². The van der Waals surface area contributed by atoms with E-state index in [0.717, 1.165) is 6.54 Å². The summed E-state index contributed by atoms with van der Waals surface area (Å²) in [5, 5.41) is 11.5. The van der Waals surface area contributed by atoms with Crippen LogP contribution in [-0.4, -0.2) is 5.10 Å². The van der Waals surface area contributed by atoms with Gasteiger partial charge in [0.15, 0.2) is 5.56 Å². The van der Waals surface area contributed by atoms with Gasteiger partial charge in [-0.15, -0.1) is 0 Å². The number of anilines is 1. The molecule has 1 aromatic rings. The zero-order chi connectivity index (χ0) is 9.14. The average Bonchev–Trinajstić information content (AvgIpc) is 2.32. The van der Waals surface area contributed by atoms with E-state index >= 15 is 0 Å². The smallest absolute Gasteiger partial charge is 0.284 e. The highest BCUT2D eigenvalue weighted by atomic mass is 15.3. The number of nitrogen functional groups attached to an aromatic ring is 1. The summed E-state index contributed by atoms with van der Waals surface area (Å²) in [5.41, 5.74) is 6.18. The van der Waals surface area contributed by atoms with Gasteiger partial charge in [-0.25, -0.2) is 5.10 Å². The molecule has 0 saturated heterocycles. The van der Waals surface area contributed by atoms with Crippen molar-refractivity contribution in [2.45, 2.75) is 20.4 Å². The normalized spacial score (nSPS) is 10.2. The first-order chi connectivity index (χ1) is 5.65. The predicted octanol–water partition coefficient (Wildman–Crippen LogP) is 0.412. The molecule has 4 heteroatoms. The van der Waals surface area contributed by atoms with E-state index in [1.54, 1.807) is 10.9 Å². The predicted molar refractivity (Wildman–Crippen MR) is 45.0 cm³/mol. The van der Waals surface area contributed by atoms with Gasteiger partial charge in [-0.3, -0.25) is 5.73 Å². The highest BCUT2D eigenvalue weighted by Gasteiger charge is 2.13. The maximum absolute atomic E-state index is 8.60. The lowest BCUT2D eigenvalue weighted by Gasteiger charge is -2.00. The summed E-state index contributed by atoms with van der Waals surface area (Å²) in [6.07, 6.45) is 1.62. The molecule has 1 rings (SSSR count). The van der Waals surface area contributed by atoms with Gasteiger partial charge < -0.3 is 0 Å². The van der Waals surface area contributed by atoms with E-state index in [0.29, 0.717) is 17.3 Å². The molecule has 4 nitrogen and oxygen atoms in total. The van der Waals surface area contributed by atoms with Gasteiger partial charge in [0.2, 0.25) is 0 Å². The van der Waals surface area contributed by atoms with Crippen molar-refractivity contribution in [2.24, 2.45) is 5.92 Å². The number of aromatic nitrogens is 2. The van der Waals surface area contributed by atoms with Gasteiger partial charge in [0, 0.05) is 0 Å². The number of aromatic amines is 1. The summed E-state index contributed by atoms with van der Waals surface area (Å²) >= 11 is 0. The molecule has 0 aliphatic heterocycles. The minimum Gasteiger partial charge on any atom is -0.284 e. The second kappa shape index (κ2) is 3.26. The van der Waals surface area contributed by atoms with Crippen molar-refractivity contribution in [2.75, 3.05) is 5.73 Å². The zero-order valence-electron chi connectivity index (χ0n) is 7.33. The Labute approximate surface area is 71.6 Å². The van der Waals surface area contributed by atoms with Crippen molar-refractivity contribution >= 4 is 5.82 Å². The first-order valence-corrected chi connectivity index (χ1v) is 3.92. The zero-order valence-corrected chi connectivity index (χ0v) is 7.33. The molecule has 12 heavy (non-hydrogen) atoms. The fourth-order valence-corrected chi connectivity index (χ4v) is 1.04. The molecule has 0 unspecified atom stereocenters. The van der Waals surface area contributed by atoms with Gasteiger partial charge in [-0.2, -0.15) is 9.94 Å². The van der Waals surface area contributed by atoms with Crippen LogP contribution in [0.3, 0.4) is 0 Å². The fourth-order valence-electron chi connectivity index (χ4n) is 1.04. The third-order valence-electron chi connectivity index (χ3n) is 1.60. The number of hydrogen-bond acceptors (Lipinski definition) is 2. The van der Waals surface area contributed by atoms with E-state index in [1.165, 1.54) is 0 Å². The van der Waals surface area contributed by atoms with Crippen molar-refractivity contribution in [3.63, 3.8) is 0 Å². The summed E-state index contributed by atoms with van der Waals surface area (Å²) in [5.74, 6) is 1.04. The Morgan fingerprint density at radius 1 is 1.75 bits per heavy atom. The number of nitrogens with two attached hydrogens (primary N) is 1. The molecule has 0 atom stereocenters. The molecule has 0 bridgehead atoms. The Hall–Kier alpha value is -1.50. The standard InChI is InChI=1S/C8H12N4/c1-6(2)5-12-8(10)7(3-9)4-11-12/h4,6H,5H2,1-2H3,(H2,10,11)/p+1. The Morgan fingerprint density at radius 3 is 2.83 bits per heavy atom. The molecular formula is C8H13N4+. The number of nitriles is 1. The van der Waals surface area contributed by atoms with Crippen LogP contribution in [0.1, 0.15) is 19.4 Å². The topological polar surface area (TPSA) is 69.5 Å². The van der Waals surface area contributed by atoms with Crippen molar-refractivity contribution in [1.29, 1.82) is 5.26 Å². The Morgan fingerprint density at radius 2 is 2.42 bits per heavy atom. The van der Waals surface area contributed by atoms with Gasteiger partial charge >= 0.3 is 5.82 Å². The van der Waals surface area contributed by atoms with E-state index in [2.05, 4.69) is 18.9 Å². The van der Waals surface area contributed by atoms with Crippen molar-refractivity contribution < 1.29 is 4.68 Å². The summed E-state index contributed by atoms with van der Waals surface area (Å²) in [4.78, 5) is 0. The SMILES string of the molecule is CC(C)C[n+]1[nH]cc(C#N)c1N. The van der Waals surface area contributed by atoms with E-state index in [1.807, 2.05) is 6.07 Å². The van der Waals surface area contributed by atoms with Crippen LogP contribution in [0.5, 0.6) is 0 Å². The minimum atomic E-state index is 0.510. The van der Waals surface area contributed by atoms with Crippen molar-refractivity contribution in [1.82, 2.24) is 5.10 Å². The molecule has 0 saturated carbocycles. The molecule has 1 aromatic heterocycles. The van der Waals surface area contributed by atoms with Crippen LogP contribution in [-0.2, 0) is 6.54 Å². The number of rotatable bonds is 2. The number of hydrogen-bond donors (Lipinski definition) is 2. The Bertz CT molecular complexity index is 305. The van der Waals surface area contributed by atoms with Crippen LogP contribution in [0.25, 0.3) is 0 Å². The maximum Gasteiger partial charge on any atom is 0.310 e. The maximum atomic E-state index is 8.60. The molecular weight excluding hydrogens is 152 g/mol. The molecule has 0 spiro atoms. The van der Waals surface area contributed by atoms with Gasteiger partial charge in [0.1, 0.15) is 12.6 Å². The molecule has 64 valence electrons. The first-order valence-electron chi connectivity index (χ1n) is 3.92. The quantitative estimate of drug-likeness (QED) is 0.623. The van der Waals surface area contributed by atoms with Gasteiger partial charge in [0.25, 0.3) is 0 Å².